The van der Waals surface area contributed by atoms with Crippen LogP contribution in [-0.2, 0) is 0 Å². The standard InChI is InChI=1S/C8H8O2/c9-5-4-7-2-1-3-8(10)6-7/h1-6,9-10H. The Hall–Kier alpha value is -1.44. The number of aliphatic hydroxyl groups excluding tert-OH is 1. The molecule has 0 radical (unpaired) electrons. The Kier molecular flexibility index (Phi) is 1.95. The van der Waals surface area contributed by atoms with E-state index in [4.69, 9.17) is 10.2 Å². The van der Waals surface area contributed by atoms with Crippen molar-refractivity contribution in [2.24, 2.45) is 0 Å². The molecule has 0 fully saturated rings. The molecule has 2 N–H and O–H groups in total. The van der Waals surface area contributed by atoms with Gasteiger partial charge in [-0.05, 0) is 23.8 Å². The van der Waals surface area contributed by atoms with Crippen molar-refractivity contribution in [3.8, 4) is 5.75 Å². The maximum absolute atomic E-state index is 8.92. The fourth-order valence-electron chi connectivity index (χ4n) is 0.715. The zero-order valence-corrected chi connectivity index (χ0v) is 5.36. The number of phenols is 1. The molecule has 1 rings (SSSR count). The molecular weight excluding hydrogens is 128 g/mol. The van der Waals surface area contributed by atoms with E-state index in [9.17, 15) is 0 Å². The molecule has 0 unspecified atom stereocenters. The van der Waals surface area contributed by atoms with Crippen LogP contribution in [0.2, 0.25) is 0 Å². The van der Waals surface area contributed by atoms with Gasteiger partial charge in [0.2, 0.25) is 0 Å². The van der Waals surface area contributed by atoms with Crippen molar-refractivity contribution < 1.29 is 10.2 Å². The largest absolute Gasteiger partial charge is 0.516 e. The maximum Gasteiger partial charge on any atom is 0.116 e. The van der Waals surface area contributed by atoms with E-state index in [2.05, 4.69) is 0 Å². The molecular formula is C8H8O2. The fraction of sp³-hybridized carbons (Fsp3) is 0. The Morgan fingerprint density at radius 3 is 2.70 bits per heavy atom. The molecule has 1 aromatic rings. The van der Waals surface area contributed by atoms with E-state index in [1.54, 1.807) is 24.3 Å². The quantitative estimate of drug-likeness (QED) is 0.579. The van der Waals surface area contributed by atoms with E-state index in [-0.39, 0.29) is 5.75 Å². The lowest BCUT2D eigenvalue weighted by atomic mass is 10.2. The van der Waals surface area contributed by atoms with Gasteiger partial charge in [0.15, 0.2) is 0 Å². The van der Waals surface area contributed by atoms with Gasteiger partial charge in [0.25, 0.3) is 0 Å². The van der Waals surface area contributed by atoms with Gasteiger partial charge in [0.05, 0.1) is 6.26 Å². The molecule has 0 aromatic heterocycles. The summed E-state index contributed by atoms with van der Waals surface area (Å²) in [7, 11) is 0. The molecule has 0 atom stereocenters. The zero-order valence-electron chi connectivity index (χ0n) is 5.36. The summed E-state index contributed by atoms with van der Waals surface area (Å²) in [6.07, 6.45) is 2.44. The van der Waals surface area contributed by atoms with Gasteiger partial charge >= 0.3 is 0 Å². The van der Waals surface area contributed by atoms with Crippen molar-refractivity contribution >= 4 is 6.08 Å². The van der Waals surface area contributed by atoms with Crippen LogP contribution in [0.5, 0.6) is 5.75 Å². The van der Waals surface area contributed by atoms with E-state index in [1.165, 1.54) is 6.08 Å². The molecule has 0 aliphatic heterocycles. The molecule has 0 aliphatic rings. The van der Waals surface area contributed by atoms with Gasteiger partial charge in [-0.25, -0.2) is 0 Å². The van der Waals surface area contributed by atoms with E-state index >= 15 is 0 Å². The second kappa shape index (κ2) is 2.92. The van der Waals surface area contributed by atoms with Crippen LogP contribution in [0.1, 0.15) is 5.56 Å². The Labute approximate surface area is 59.1 Å². The van der Waals surface area contributed by atoms with Gasteiger partial charge in [-0.3, -0.25) is 0 Å². The zero-order chi connectivity index (χ0) is 7.40. The predicted molar refractivity (Wildman–Crippen MR) is 39.8 cm³/mol. The van der Waals surface area contributed by atoms with Gasteiger partial charge in [0, 0.05) is 0 Å². The molecule has 52 valence electrons. The molecule has 1 aromatic carbocycles. The number of rotatable bonds is 1. The molecule has 0 aliphatic carbocycles. The second-order valence-corrected chi connectivity index (χ2v) is 1.91. The van der Waals surface area contributed by atoms with Crippen LogP contribution in [0.15, 0.2) is 30.5 Å². The number of hydrogen-bond acceptors (Lipinski definition) is 2. The third-order valence-corrected chi connectivity index (χ3v) is 1.14. The van der Waals surface area contributed by atoms with Gasteiger partial charge in [0.1, 0.15) is 5.75 Å². The normalized spacial score (nSPS) is 10.4. The van der Waals surface area contributed by atoms with Crippen LogP contribution < -0.4 is 0 Å². The number of phenolic OH excluding ortho intramolecular Hbond substituents is 1. The number of benzene rings is 1. The summed E-state index contributed by atoms with van der Waals surface area (Å²) in [5.74, 6) is 0.204. The van der Waals surface area contributed by atoms with Crippen molar-refractivity contribution in [1.29, 1.82) is 0 Å². The van der Waals surface area contributed by atoms with Crippen molar-refractivity contribution in [1.82, 2.24) is 0 Å². The minimum atomic E-state index is 0.204. The van der Waals surface area contributed by atoms with E-state index in [0.717, 1.165) is 11.8 Å². The second-order valence-electron chi connectivity index (χ2n) is 1.91. The van der Waals surface area contributed by atoms with Crippen molar-refractivity contribution in [3.05, 3.63) is 36.1 Å². The maximum atomic E-state index is 8.92. The number of hydrogen-bond donors (Lipinski definition) is 2. The molecule has 10 heavy (non-hydrogen) atoms. The Bertz CT molecular complexity index is 241. The Morgan fingerprint density at radius 1 is 1.30 bits per heavy atom. The van der Waals surface area contributed by atoms with Gasteiger partial charge < -0.3 is 10.2 Å². The summed E-state index contributed by atoms with van der Waals surface area (Å²) in [5.41, 5.74) is 0.780. The summed E-state index contributed by atoms with van der Waals surface area (Å²) < 4.78 is 0. The lowest BCUT2D eigenvalue weighted by Gasteiger charge is -1.91. The first kappa shape index (κ1) is 6.68. The highest BCUT2D eigenvalue weighted by Crippen LogP contribution is 2.11. The summed E-state index contributed by atoms with van der Waals surface area (Å²) in [6, 6.07) is 6.64. The van der Waals surface area contributed by atoms with Crippen LogP contribution >= 0.6 is 0 Å². The van der Waals surface area contributed by atoms with Gasteiger partial charge in [-0.1, -0.05) is 12.1 Å². The minimum absolute atomic E-state index is 0.204. The van der Waals surface area contributed by atoms with E-state index in [0.29, 0.717) is 0 Å². The molecule has 0 amide bonds. The van der Waals surface area contributed by atoms with Crippen LogP contribution in [0, 0.1) is 0 Å². The Balaban J connectivity index is 2.95. The van der Waals surface area contributed by atoms with Crippen molar-refractivity contribution in [2.75, 3.05) is 0 Å². The van der Waals surface area contributed by atoms with Crippen LogP contribution in [-0.4, -0.2) is 10.2 Å². The first-order chi connectivity index (χ1) is 4.83. The average Bonchev–Trinajstić information content (AvgIpc) is 1.88. The molecule has 0 spiro atoms. The predicted octanol–water partition coefficient (Wildman–Crippen LogP) is 1.92. The van der Waals surface area contributed by atoms with Crippen LogP contribution in [0.3, 0.4) is 0 Å². The molecule has 0 saturated carbocycles. The molecule has 0 heterocycles. The van der Waals surface area contributed by atoms with E-state index in [1.807, 2.05) is 0 Å². The lowest BCUT2D eigenvalue weighted by molar-refractivity contribution is 0.474. The van der Waals surface area contributed by atoms with E-state index < -0.39 is 0 Å². The SMILES string of the molecule is OC=Cc1cccc(O)c1. The minimum Gasteiger partial charge on any atom is -0.516 e. The van der Waals surface area contributed by atoms with Crippen LogP contribution in [0.4, 0.5) is 0 Å². The van der Waals surface area contributed by atoms with Gasteiger partial charge in [-0.15, -0.1) is 0 Å². The third kappa shape index (κ3) is 1.52. The highest BCUT2D eigenvalue weighted by atomic mass is 16.3. The highest BCUT2D eigenvalue weighted by Gasteiger charge is 1.86. The Morgan fingerprint density at radius 2 is 2.10 bits per heavy atom. The topological polar surface area (TPSA) is 40.5 Å². The molecule has 2 nitrogen and oxygen atoms in total. The summed E-state index contributed by atoms with van der Waals surface area (Å²) in [4.78, 5) is 0. The molecule has 2 heteroatoms. The first-order valence-electron chi connectivity index (χ1n) is 2.93. The van der Waals surface area contributed by atoms with Crippen LogP contribution in [0.25, 0.3) is 6.08 Å². The average molecular weight is 136 g/mol. The third-order valence-electron chi connectivity index (χ3n) is 1.14. The monoisotopic (exact) mass is 136 g/mol. The summed E-state index contributed by atoms with van der Waals surface area (Å²) in [5, 5.41) is 17.3. The lowest BCUT2D eigenvalue weighted by Crippen LogP contribution is -1.69. The summed E-state index contributed by atoms with van der Waals surface area (Å²) in [6.45, 7) is 0. The summed E-state index contributed by atoms with van der Waals surface area (Å²) >= 11 is 0. The van der Waals surface area contributed by atoms with Crippen molar-refractivity contribution in [3.63, 3.8) is 0 Å². The van der Waals surface area contributed by atoms with Crippen molar-refractivity contribution in [2.45, 2.75) is 0 Å². The molecule has 0 saturated heterocycles. The van der Waals surface area contributed by atoms with Gasteiger partial charge in [-0.2, -0.15) is 0 Å². The number of aromatic hydroxyl groups is 1. The number of aliphatic hydroxyl groups is 1. The highest BCUT2D eigenvalue weighted by molar-refractivity contribution is 5.50. The smallest absolute Gasteiger partial charge is 0.116 e. The molecule has 0 bridgehead atoms. The fourth-order valence-corrected chi connectivity index (χ4v) is 0.715. The first-order valence-corrected chi connectivity index (χ1v) is 2.93.